The monoisotopic (exact) mass is 378 g/mol. The number of nitrogens with one attached hydrogen (secondary N) is 2. The Morgan fingerprint density at radius 2 is 1.82 bits per heavy atom. The second kappa shape index (κ2) is 8.35. The predicted octanol–water partition coefficient (Wildman–Crippen LogP) is 3.29. The van der Waals surface area contributed by atoms with Crippen LogP contribution in [0.15, 0.2) is 60.8 Å². The van der Waals surface area contributed by atoms with Crippen LogP contribution >= 0.6 is 0 Å². The Hall–Kier alpha value is -2.99. The molecule has 4 rings (SSSR count). The smallest absolute Gasteiger partial charge is 0.223 e. The molecule has 0 spiro atoms. The van der Waals surface area contributed by atoms with Crippen LogP contribution in [0.1, 0.15) is 18.4 Å². The van der Waals surface area contributed by atoms with Crippen molar-refractivity contribution in [2.24, 2.45) is 5.92 Å². The van der Waals surface area contributed by atoms with Gasteiger partial charge in [-0.2, -0.15) is 5.10 Å². The van der Waals surface area contributed by atoms with Crippen LogP contribution < -0.4 is 10.6 Å². The Kier molecular flexibility index (Phi) is 5.48. The Morgan fingerprint density at radius 3 is 2.54 bits per heavy atom. The molecule has 0 radical (unpaired) electrons. The molecule has 1 amide bonds. The summed E-state index contributed by atoms with van der Waals surface area (Å²) < 4.78 is 15.1. The standard InChI is InChI=1S/C22H23FN4O/c23-19-8-6-16(7-9-19)21-18(14-25-22(28)17-10-12-24-13-11-17)15-27(26-21)20-4-2-1-3-5-20/h1-9,15,17,24H,10-14H2,(H,25,28). The molecule has 2 aromatic carbocycles. The fraction of sp³-hybridized carbons (Fsp3) is 0.273. The summed E-state index contributed by atoms with van der Waals surface area (Å²) in [5.41, 5.74) is 3.40. The van der Waals surface area contributed by atoms with E-state index in [-0.39, 0.29) is 17.6 Å². The van der Waals surface area contributed by atoms with Gasteiger partial charge in [-0.3, -0.25) is 4.79 Å². The van der Waals surface area contributed by atoms with E-state index in [1.165, 1.54) is 12.1 Å². The fourth-order valence-corrected chi connectivity index (χ4v) is 3.51. The maximum Gasteiger partial charge on any atom is 0.223 e. The third-order valence-electron chi connectivity index (χ3n) is 5.09. The molecule has 0 atom stereocenters. The molecule has 144 valence electrons. The Labute approximate surface area is 163 Å². The Balaban J connectivity index is 1.59. The number of halogens is 1. The molecule has 5 nitrogen and oxygen atoms in total. The summed E-state index contributed by atoms with van der Waals surface area (Å²) in [5.74, 6) is -0.147. The minimum absolute atomic E-state index is 0.0553. The highest BCUT2D eigenvalue weighted by molar-refractivity contribution is 5.79. The van der Waals surface area contributed by atoms with Gasteiger partial charge in [-0.25, -0.2) is 9.07 Å². The van der Waals surface area contributed by atoms with Crippen molar-refractivity contribution in [3.8, 4) is 16.9 Å². The van der Waals surface area contributed by atoms with Crippen LogP contribution in [0.2, 0.25) is 0 Å². The summed E-state index contributed by atoms with van der Waals surface area (Å²) in [7, 11) is 0. The first-order chi connectivity index (χ1) is 13.7. The normalized spacial score (nSPS) is 14.8. The van der Waals surface area contributed by atoms with Crippen LogP contribution in [0.3, 0.4) is 0 Å². The van der Waals surface area contributed by atoms with Gasteiger partial charge in [0.05, 0.1) is 11.4 Å². The third kappa shape index (κ3) is 4.12. The van der Waals surface area contributed by atoms with Gasteiger partial charge in [0, 0.05) is 29.8 Å². The minimum Gasteiger partial charge on any atom is -0.352 e. The topological polar surface area (TPSA) is 59.0 Å². The molecule has 2 heterocycles. The van der Waals surface area contributed by atoms with Crippen LogP contribution in [0.25, 0.3) is 16.9 Å². The highest BCUT2D eigenvalue weighted by atomic mass is 19.1. The number of nitrogens with zero attached hydrogens (tertiary/aromatic N) is 2. The van der Waals surface area contributed by atoms with Crippen molar-refractivity contribution in [1.82, 2.24) is 20.4 Å². The zero-order chi connectivity index (χ0) is 19.3. The van der Waals surface area contributed by atoms with E-state index < -0.39 is 0 Å². The Morgan fingerprint density at radius 1 is 1.11 bits per heavy atom. The number of hydrogen-bond acceptors (Lipinski definition) is 3. The minimum atomic E-state index is -0.285. The number of rotatable bonds is 5. The van der Waals surface area contributed by atoms with Crippen molar-refractivity contribution in [3.63, 3.8) is 0 Å². The fourth-order valence-electron chi connectivity index (χ4n) is 3.51. The molecule has 3 aromatic rings. The molecule has 1 fully saturated rings. The van der Waals surface area contributed by atoms with E-state index in [2.05, 4.69) is 10.6 Å². The Bertz CT molecular complexity index is 931. The molecule has 0 unspecified atom stereocenters. The second-order valence-corrected chi connectivity index (χ2v) is 7.03. The van der Waals surface area contributed by atoms with E-state index in [1.54, 1.807) is 16.8 Å². The molecular weight excluding hydrogens is 355 g/mol. The molecule has 0 saturated carbocycles. The van der Waals surface area contributed by atoms with E-state index in [0.717, 1.165) is 48.4 Å². The maximum absolute atomic E-state index is 13.3. The predicted molar refractivity (Wildman–Crippen MR) is 106 cm³/mol. The largest absolute Gasteiger partial charge is 0.352 e. The van der Waals surface area contributed by atoms with Crippen LogP contribution in [0.4, 0.5) is 4.39 Å². The lowest BCUT2D eigenvalue weighted by Crippen LogP contribution is -2.37. The first-order valence-corrected chi connectivity index (χ1v) is 9.59. The lowest BCUT2D eigenvalue weighted by atomic mass is 9.97. The summed E-state index contributed by atoms with van der Waals surface area (Å²) >= 11 is 0. The summed E-state index contributed by atoms with van der Waals surface area (Å²) in [6.07, 6.45) is 3.65. The maximum atomic E-state index is 13.3. The molecular formula is C22H23FN4O. The van der Waals surface area contributed by atoms with Gasteiger partial charge in [-0.05, 0) is 62.3 Å². The molecule has 2 N–H and O–H groups in total. The average molecular weight is 378 g/mol. The van der Waals surface area contributed by atoms with Crippen LogP contribution in [-0.2, 0) is 11.3 Å². The molecule has 6 heteroatoms. The van der Waals surface area contributed by atoms with Gasteiger partial charge in [-0.1, -0.05) is 18.2 Å². The van der Waals surface area contributed by atoms with Gasteiger partial charge in [0.15, 0.2) is 0 Å². The summed E-state index contributed by atoms with van der Waals surface area (Å²) in [4.78, 5) is 12.5. The zero-order valence-corrected chi connectivity index (χ0v) is 15.6. The van der Waals surface area contributed by atoms with Gasteiger partial charge in [0.1, 0.15) is 5.82 Å². The van der Waals surface area contributed by atoms with Gasteiger partial charge < -0.3 is 10.6 Å². The van der Waals surface area contributed by atoms with Crippen molar-refractivity contribution >= 4 is 5.91 Å². The number of carbonyl (C=O) groups excluding carboxylic acids is 1. The number of carbonyl (C=O) groups is 1. The number of amides is 1. The number of aromatic nitrogens is 2. The summed E-state index contributed by atoms with van der Waals surface area (Å²) in [6, 6.07) is 16.1. The first-order valence-electron chi connectivity index (χ1n) is 9.59. The zero-order valence-electron chi connectivity index (χ0n) is 15.6. The molecule has 0 bridgehead atoms. The van der Waals surface area contributed by atoms with Gasteiger partial charge in [0.25, 0.3) is 0 Å². The van der Waals surface area contributed by atoms with Gasteiger partial charge in [-0.15, -0.1) is 0 Å². The van der Waals surface area contributed by atoms with E-state index >= 15 is 0 Å². The van der Waals surface area contributed by atoms with Crippen LogP contribution in [0, 0.1) is 11.7 Å². The number of hydrogen-bond donors (Lipinski definition) is 2. The molecule has 1 saturated heterocycles. The van der Waals surface area contributed by atoms with E-state index in [9.17, 15) is 9.18 Å². The van der Waals surface area contributed by atoms with Crippen molar-refractivity contribution in [1.29, 1.82) is 0 Å². The molecule has 1 aliphatic rings. The van der Waals surface area contributed by atoms with E-state index in [4.69, 9.17) is 5.10 Å². The SMILES string of the molecule is O=C(NCc1cn(-c2ccccc2)nc1-c1ccc(F)cc1)C1CCNCC1. The van der Waals surface area contributed by atoms with Crippen molar-refractivity contribution in [2.75, 3.05) is 13.1 Å². The average Bonchev–Trinajstić information content (AvgIpc) is 3.18. The van der Waals surface area contributed by atoms with Gasteiger partial charge >= 0.3 is 0 Å². The van der Waals surface area contributed by atoms with Gasteiger partial charge in [0.2, 0.25) is 5.91 Å². The van der Waals surface area contributed by atoms with Crippen molar-refractivity contribution in [2.45, 2.75) is 19.4 Å². The van der Waals surface area contributed by atoms with Crippen LogP contribution in [0.5, 0.6) is 0 Å². The summed E-state index contributed by atoms with van der Waals surface area (Å²) in [6.45, 7) is 2.15. The molecule has 28 heavy (non-hydrogen) atoms. The number of para-hydroxylation sites is 1. The lowest BCUT2D eigenvalue weighted by Gasteiger charge is -2.21. The summed E-state index contributed by atoms with van der Waals surface area (Å²) in [5, 5.41) is 11.0. The highest BCUT2D eigenvalue weighted by Crippen LogP contribution is 2.24. The second-order valence-electron chi connectivity index (χ2n) is 7.03. The lowest BCUT2D eigenvalue weighted by molar-refractivity contribution is -0.125. The highest BCUT2D eigenvalue weighted by Gasteiger charge is 2.21. The van der Waals surface area contributed by atoms with Crippen molar-refractivity contribution < 1.29 is 9.18 Å². The van der Waals surface area contributed by atoms with E-state index in [1.807, 2.05) is 36.5 Å². The van der Waals surface area contributed by atoms with Crippen LogP contribution in [-0.4, -0.2) is 28.8 Å². The molecule has 1 aliphatic heterocycles. The van der Waals surface area contributed by atoms with Crippen molar-refractivity contribution in [3.05, 3.63) is 72.2 Å². The number of benzene rings is 2. The van der Waals surface area contributed by atoms with E-state index in [0.29, 0.717) is 6.54 Å². The first kappa shape index (κ1) is 18.4. The number of piperidine rings is 1. The molecule has 0 aliphatic carbocycles. The molecule has 1 aromatic heterocycles. The third-order valence-corrected chi connectivity index (χ3v) is 5.09. The quantitative estimate of drug-likeness (QED) is 0.716.